The van der Waals surface area contributed by atoms with Gasteiger partial charge in [0.2, 0.25) is 0 Å². The zero-order valence-corrected chi connectivity index (χ0v) is 15.5. The number of nitrogens with one attached hydrogen (secondary N) is 1. The second kappa shape index (κ2) is 7.23. The lowest BCUT2D eigenvalue weighted by Gasteiger charge is -2.24. The summed E-state index contributed by atoms with van der Waals surface area (Å²) >= 11 is 1.60. The summed E-state index contributed by atoms with van der Waals surface area (Å²) in [4.78, 5) is 19.2. The van der Waals surface area contributed by atoms with Crippen molar-refractivity contribution < 1.29 is 13.9 Å². The molecule has 1 saturated heterocycles. The number of thiazole rings is 1. The number of urea groups is 1. The molecular formula is C19H22FN3O2S. The lowest BCUT2D eigenvalue weighted by molar-refractivity contribution is 0.206. The Kier molecular flexibility index (Phi) is 4.80. The number of likely N-dealkylation sites (tertiary alicyclic amines) is 1. The maximum atomic E-state index is 13.6. The SMILES string of the molecule is Cc1nc(C2CCCN2C(=O)Nc2ccc(F)cc2OCC2CC2)cs1. The highest BCUT2D eigenvalue weighted by atomic mass is 32.1. The summed E-state index contributed by atoms with van der Waals surface area (Å²) in [7, 11) is 0. The molecule has 2 amide bonds. The lowest BCUT2D eigenvalue weighted by Crippen LogP contribution is -2.34. The first-order chi connectivity index (χ1) is 12.6. The van der Waals surface area contributed by atoms with Gasteiger partial charge in [-0.05, 0) is 50.7 Å². The van der Waals surface area contributed by atoms with E-state index in [1.54, 1.807) is 17.4 Å². The molecule has 1 aliphatic heterocycles. The number of aromatic nitrogens is 1. The van der Waals surface area contributed by atoms with Crippen LogP contribution < -0.4 is 10.1 Å². The topological polar surface area (TPSA) is 54.5 Å². The zero-order chi connectivity index (χ0) is 18.1. The van der Waals surface area contributed by atoms with E-state index < -0.39 is 0 Å². The largest absolute Gasteiger partial charge is 0.491 e. The number of amides is 2. The normalized spacial score (nSPS) is 19.6. The summed E-state index contributed by atoms with van der Waals surface area (Å²) < 4.78 is 19.3. The van der Waals surface area contributed by atoms with E-state index in [1.807, 2.05) is 17.2 Å². The van der Waals surface area contributed by atoms with Crippen molar-refractivity contribution in [2.24, 2.45) is 5.92 Å². The smallest absolute Gasteiger partial charge is 0.322 e. The summed E-state index contributed by atoms with van der Waals surface area (Å²) in [6.07, 6.45) is 4.16. The van der Waals surface area contributed by atoms with Gasteiger partial charge in [-0.2, -0.15) is 0 Å². The molecule has 1 aromatic heterocycles. The van der Waals surface area contributed by atoms with Crippen LogP contribution in [0.25, 0.3) is 0 Å². The predicted molar refractivity (Wildman–Crippen MR) is 99.2 cm³/mol. The number of carbonyl (C=O) groups is 1. The third-order valence-electron chi connectivity index (χ3n) is 4.85. The van der Waals surface area contributed by atoms with E-state index in [9.17, 15) is 9.18 Å². The maximum absolute atomic E-state index is 13.6. The van der Waals surface area contributed by atoms with Gasteiger partial charge in [0.1, 0.15) is 11.6 Å². The number of hydrogen-bond acceptors (Lipinski definition) is 4. The number of carbonyl (C=O) groups excluding carboxylic acids is 1. The van der Waals surface area contributed by atoms with Crippen LogP contribution in [0.4, 0.5) is 14.9 Å². The van der Waals surface area contributed by atoms with E-state index >= 15 is 0 Å². The first-order valence-corrected chi connectivity index (χ1v) is 9.90. The van der Waals surface area contributed by atoms with Crippen LogP contribution in [0.1, 0.15) is 42.4 Å². The van der Waals surface area contributed by atoms with Crippen molar-refractivity contribution in [1.29, 1.82) is 0 Å². The van der Waals surface area contributed by atoms with E-state index in [1.165, 1.54) is 12.1 Å². The Bertz CT molecular complexity index is 806. The third-order valence-corrected chi connectivity index (χ3v) is 5.64. The molecule has 2 heterocycles. The molecule has 7 heteroatoms. The summed E-state index contributed by atoms with van der Waals surface area (Å²) in [6.45, 7) is 3.22. The Balaban J connectivity index is 1.48. The van der Waals surface area contributed by atoms with E-state index in [0.29, 0.717) is 30.5 Å². The minimum atomic E-state index is -0.370. The van der Waals surface area contributed by atoms with Crippen molar-refractivity contribution in [2.45, 2.75) is 38.6 Å². The second-order valence-corrected chi connectivity index (χ2v) is 8.03. The maximum Gasteiger partial charge on any atom is 0.322 e. The first-order valence-electron chi connectivity index (χ1n) is 9.02. The van der Waals surface area contributed by atoms with Gasteiger partial charge in [-0.25, -0.2) is 14.2 Å². The highest BCUT2D eigenvalue weighted by molar-refractivity contribution is 7.09. The quantitative estimate of drug-likeness (QED) is 0.821. The van der Waals surface area contributed by atoms with Crippen LogP contribution in [0.3, 0.4) is 0 Å². The molecule has 2 fully saturated rings. The van der Waals surface area contributed by atoms with Crippen molar-refractivity contribution in [3.8, 4) is 5.75 Å². The molecule has 1 N–H and O–H groups in total. The van der Waals surface area contributed by atoms with Crippen molar-refractivity contribution in [2.75, 3.05) is 18.5 Å². The second-order valence-electron chi connectivity index (χ2n) is 6.97. The average molecular weight is 375 g/mol. The minimum absolute atomic E-state index is 0.00349. The summed E-state index contributed by atoms with van der Waals surface area (Å²) in [5.74, 6) is 0.578. The van der Waals surface area contributed by atoms with Gasteiger partial charge >= 0.3 is 6.03 Å². The van der Waals surface area contributed by atoms with Gasteiger partial charge in [0.25, 0.3) is 0 Å². The molecule has 138 valence electrons. The Morgan fingerprint density at radius 1 is 1.42 bits per heavy atom. The predicted octanol–water partition coefficient (Wildman–Crippen LogP) is 4.75. The van der Waals surface area contributed by atoms with Gasteiger partial charge in [0.05, 0.1) is 29.0 Å². The lowest BCUT2D eigenvalue weighted by atomic mass is 10.2. The summed E-state index contributed by atoms with van der Waals surface area (Å²) in [5, 5.41) is 5.92. The highest BCUT2D eigenvalue weighted by Crippen LogP contribution is 2.35. The van der Waals surface area contributed by atoms with Crippen molar-refractivity contribution in [3.63, 3.8) is 0 Å². The average Bonchev–Trinajstić information content (AvgIpc) is 3.13. The Morgan fingerprint density at radius 2 is 2.27 bits per heavy atom. The molecule has 2 aliphatic rings. The van der Waals surface area contributed by atoms with Gasteiger partial charge in [-0.3, -0.25) is 0 Å². The van der Waals surface area contributed by atoms with Crippen LogP contribution in [-0.2, 0) is 0 Å². The van der Waals surface area contributed by atoms with Gasteiger partial charge < -0.3 is 15.0 Å². The molecule has 4 rings (SSSR count). The monoisotopic (exact) mass is 375 g/mol. The fourth-order valence-corrected chi connectivity index (χ4v) is 3.91. The van der Waals surface area contributed by atoms with Gasteiger partial charge in [-0.1, -0.05) is 0 Å². The number of anilines is 1. The molecule has 1 atom stereocenters. The first kappa shape index (κ1) is 17.3. The van der Waals surface area contributed by atoms with Crippen molar-refractivity contribution in [1.82, 2.24) is 9.88 Å². The molecule has 2 aromatic rings. The van der Waals surface area contributed by atoms with Crippen LogP contribution in [0.15, 0.2) is 23.6 Å². The van der Waals surface area contributed by atoms with E-state index in [0.717, 1.165) is 36.4 Å². The van der Waals surface area contributed by atoms with Crippen LogP contribution in [0, 0.1) is 18.7 Å². The number of nitrogens with zero attached hydrogens (tertiary/aromatic N) is 2. The van der Waals surface area contributed by atoms with Crippen LogP contribution in [0.2, 0.25) is 0 Å². The van der Waals surface area contributed by atoms with Gasteiger partial charge in [0.15, 0.2) is 0 Å². The number of aryl methyl sites for hydroxylation is 1. The fraction of sp³-hybridized carbons (Fsp3) is 0.474. The molecule has 1 saturated carbocycles. The molecule has 1 unspecified atom stereocenters. The van der Waals surface area contributed by atoms with Gasteiger partial charge in [0, 0.05) is 18.0 Å². The fourth-order valence-electron chi connectivity index (χ4n) is 3.25. The standard InChI is InChI=1S/C19H22FN3O2S/c1-12-21-16(11-26-12)17-3-2-8-23(17)19(24)22-15-7-6-14(20)9-18(15)25-10-13-4-5-13/h6-7,9,11,13,17H,2-5,8,10H2,1H3,(H,22,24). The number of halogens is 1. The molecule has 26 heavy (non-hydrogen) atoms. The summed E-state index contributed by atoms with van der Waals surface area (Å²) in [6, 6.07) is 4.04. The Labute approximate surface area is 156 Å². The number of hydrogen-bond donors (Lipinski definition) is 1. The highest BCUT2D eigenvalue weighted by Gasteiger charge is 2.32. The minimum Gasteiger partial charge on any atom is -0.491 e. The molecule has 1 aliphatic carbocycles. The molecular weight excluding hydrogens is 353 g/mol. The number of benzene rings is 1. The van der Waals surface area contributed by atoms with E-state index in [4.69, 9.17) is 4.74 Å². The molecule has 0 radical (unpaired) electrons. The molecule has 0 spiro atoms. The van der Waals surface area contributed by atoms with Crippen LogP contribution in [0.5, 0.6) is 5.75 Å². The molecule has 1 aromatic carbocycles. The Hall–Kier alpha value is -2.15. The third kappa shape index (κ3) is 3.82. The van der Waals surface area contributed by atoms with Crippen molar-refractivity contribution >= 4 is 23.1 Å². The van der Waals surface area contributed by atoms with E-state index in [-0.39, 0.29) is 17.9 Å². The van der Waals surface area contributed by atoms with Gasteiger partial charge in [-0.15, -0.1) is 11.3 Å². The van der Waals surface area contributed by atoms with Crippen LogP contribution in [-0.4, -0.2) is 29.1 Å². The number of rotatable bonds is 5. The zero-order valence-electron chi connectivity index (χ0n) is 14.7. The number of ether oxygens (including phenoxy) is 1. The summed E-state index contributed by atoms with van der Waals surface area (Å²) in [5.41, 5.74) is 1.46. The van der Waals surface area contributed by atoms with Crippen molar-refractivity contribution in [3.05, 3.63) is 40.1 Å². The molecule has 5 nitrogen and oxygen atoms in total. The van der Waals surface area contributed by atoms with E-state index in [2.05, 4.69) is 10.3 Å². The molecule has 0 bridgehead atoms. The van der Waals surface area contributed by atoms with Crippen LogP contribution >= 0.6 is 11.3 Å². The Morgan fingerprint density at radius 3 is 3.00 bits per heavy atom.